The predicted molar refractivity (Wildman–Crippen MR) is 108 cm³/mol. The molecule has 3 nitrogen and oxygen atoms in total. The van der Waals surface area contributed by atoms with Crippen molar-refractivity contribution < 1.29 is 4.79 Å². The molecule has 3 rings (SSSR count). The van der Waals surface area contributed by atoms with Crippen LogP contribution in [0, 0.1) is 6.92 Å². The van der Waals surface area contributed by atoms with E-state index in [0.717, 1.165) is 17.0 Å². The minimum atomic E-state index is -0.100. The number of nitrogens with one attached hydrogen (secondary N) is 1. The van der Waals surface area contributed by atoms with Crippen molar-refractivity contribution in [3.8, 4) is 0 Å². The monoisotopic (exact) mass is 364 g/mol. The summed E-state index contributed by atoms with van der Waals surface area (Å²) >= 11 is 1.66. The molecule has 0 unspecified atom stereocenters. The summed E-state index contributed by atoms with van der Waals surface area (Å²) in [5.41, 5.74) is 3.56. The number of carbonyl (C=O) groups is 1. The molecule has 4 heteroatoms. The zero-order chi connectivity index (χ0) is 18.4. The molecule has 0 aliphatic carbocycles. The van der Waals surface area contributed by atoms with Gasteiger partial charge in [0.05, 0.1) is 12.6 Å². The summed E-state index contributed by atoms with van der Waals surface area (Å²) in [6, 6.07) is 22.5. The molecule has 1 amide bonds. The maximum Gasteiger partial charge on any atom is 0.234 e. The number of aryl methyl sites for hydroxylation is 1. The van der Waals surface area contributed by atoms with Crippen molar-refractivity contribution in [1.82, 2.24) is 10.2 Å². The molecule has 1 atom stereocenters. The predicted octanol–water partition coefficient (Wildman–Crippen LogP) is 4.39. The third-order valence-corrected chi connectivity index (χ3v) is 5.19. The largest absolute Gasteiger partial charge is 0.343 e. The molecule has 1 heterocycles. The summed E-state index contributed by atoms with van der Waals surface area (Å²) in [6.07, 6.45) is 0. The molecule has 1 N–H and O–H groups in total. The molecular weight excluding hydrogens is 340 g/mol. The van der Waals surface area contributed by atoms with E-state index in [1.165, 1.54) is 11.1 Å². The third-order valence-electron chi connectivity index (χ3n) is 4.25. The molecule has 26 heavy (non-hydrogen) atoms. The van der Waals surface area contributed by atoms with Crippen LogP contribution in [0.4, 0.5) is 0 Å². The summed E-state index contributed by atoms with van der Waals surface area (Å²) in [4.78, 5) is 15.8. The molecule has 0 saturated carbocycles. The van der Waals surface area contributed by atoms with Gasteiger partial charge >= 0.3 is 0 Å². The minimum absolute atomic E-state index is 0.0295. The third kappa shape index (κ3) is 5.04. The number of hydrogen-bond donors (Lipinski definition) is 1. The first-order chi connectivity index (χ1) is 12.6. The number of carbonyl (C=O) groups excluding carboxylic acids is 1. The van der Waals surface area contributed by atoms with Crippen molar-refractivity contribution in [3.05, 3.63) is 93.7 Å². The van der Waals surface area contributed by atoms with E-state index in [1.807, 2.05) is 41.6 Å². The van der Waals surface area contributed by atoms with Gasteiger partial charge in [-0.3, -0.25) is 9.69 Å². The summed E-state index contributed by atoms with van der Waals surface area (Å²) in [7, 11) is 1.97. The van der Waals surface area contributed by atoms with Crippen LogP contribution in [0.25, 0.3) is 0 Å². The highest BCUT2D eigenvalue weighted by atomic mass is 32.1. The van der Waals surface area contributed by atoms with Crippen molar-refractivity contribution in [2.24, 2.45) is 0 Å². The van der Waals surface area contributed by atoms with Crippen LogP contribution < -0.4 is 5.32 Å². The van der Waals surface area contributed by atoms with E-state index in [0.29, 0.717) is 6.54 Å². The zero-order valence-electron chi connectivity index (χ0n) is 15.2. The number of nitrogens with zero attached hydrogens (tertiary/aromatic N) is 1. The molecule has 134 valence electrons. The van der Waals surface area contributed by atoms with Gasteiger partial charge in [-0.2, -0.15) is 0 Å². The van der Waals surface area contributed by atoms with E-state index >= 15 is 0 Å². The maximum atomic E-state index is 12.6. The quantitative estimate of drug-likeness (QED) is 0.674. The van der Waals surface area contributed by atoms with Gasteiger partial charge in [-0.15, -0.1) is 11.3 Å². The van der Waals surface area contributed by atoms with Gasteiger partial charge in [0.2, 0.25) is 5.91 Å². The minimum Gasteiger partial charge on any atom is -0.343 e. The van der Waals surface area contributed by atoms with Crippen LogP contribution in [0.1, 0.15) is 27.6 Å². The highest BCUT2D eigenvalue weighted by Gasteiger charge is 2.18. The van der Waals surface area contributed by atoms with Gasteiger partial charge in [0, 0.05) is 11.4 Å². The van der Waals surface area contributed by atoms with Crippen LogP contribution in [-0.2, 0) is 11.3 Å². The fourth-order valence-corrected chi connectivity index (χ4v) is 3.74. The van der Waals surface area contributed by atoms with Crippen molar-refractivity contribution in [2.75, 3.05) is 13.6 Å². The first kappa shape index (κ1) is 18.4. The Bertz CT molecular complexity index is 813. The summed E-state index contributed by atoms with van der Waals surface area (Å²) in [5, 5.41) is 5.23. The van der Waals surface area contributed by atoms with E-state index in [-0.39, 0.29) is 11.9 Å². The van der Waals surface area contributed by atoms with Gasteiger partial charge < -0.3 is 5.32 Å². The standard InChI is InChI=1S/C22H24N2OS/c1-17-10-12-18(13-11-17)15-24(2)16-21(25)23-22(20-9-6-14-26-20)19-7-4-3-5-8-19/h3-14,22H,15-16H2,1-2H3,(H,23,25)/t22-/m0/s1. The number of benzene rings is 2. The van der Waals surface area contributed by atoms with E-state index in [1.54, 1.807) is 11.3 Å². The lowest BCUT2D eigenvalue weighted by atomic mass is 10.1. The average molecular weight is 365 g/mol. The highest BCUT2D eigenvalue weighted by molar-refractivity contribution is 7.10. The van der Waals surface area contributed by atoms with Crippen molar-refractivity contribution in [3.63, 3.8) is 0 Å². The summed E-state index contributed by atoms with van der Waals surface area (Å²) < 4.78 is 0. The van der Waals surface area contributed by atoms with Crippen LogP contribution >= 0.6 is 11.3 Å². The van der Waals surface area contributed by atoms with Crippen molar-refractivity contribution in [1.29, 1.82) is 0 Å². The van der Waals surface area contributed by atoms with E-state index in [4.69, 9.17) is 0 Å². The van der Waals surface area contributed by atoms with Gasteiger partial charge in [0.15, 0.2) is 0 Å². The number of thiophene rings is 1. The fourth-order valence-electron chi connectivity index (χ4n) is 2.93. The number of likely N-dealkylation sites (N-methyl/N-ethyl adjacent to an activating group) is 1. The second-order valence-electron chi connectivity index (χ2n) is 6.58. The summed E-state index contributed by atoms with van der Waals surface area (Å²) in [5.74, 6) is 0.0295. The first-order valence-electron chi connectivity index (χ1n) is 8.73. The van der Waals surface area contributed by atoms with E-state index in [2.05, 4.69) is 54.7 Å². The molecule has 0 radical (unpaired) electrons. The fraction of sp³-hybridized carbons (Fsp3) is 0.227. The molecule has 0 aliphatic heterocycles. The van der Waals surface area contributed by atoms with E-state index < -0.39 is 0 Å². The van der Waals surface area contributed by atoms with Gasteiger partial charge in [-0.05, 0) is 36.5 Å². The Hall–Kier alpha value is -2.43. The van der Waals surface area contributed by atoms with Gasteiger partial charge in [-0.25, -0.2) is 0 Å². The summed E-state index contributed by atoms with van der Waals surface area (Å²) in [6.45, 7) is 3.19. The second kappa shape index (κ2) is 8.79. The van der Waals surface area contributed by atoms with Crippen LogP contribution in [0.3, 0.4) is 0 Å². The Morgan fingerprint density at radius 2 is 1.77 bits per heavy atom. The Balaban J connectivity index is 1.63. The molecule has 2 aromatic carbocycles. The smallest absolute Gasteiger partial charge is 0.234 e. The topological polar surface area (TPSA) is 32.3 Å². The Morgan fingerprint density at radius 3 is 2.42 bits per heavy atom. The molecule has 0 saturated heterocycles. The molecule has 1 aromatic heterocycles. The first-order valence-corrected chi connectivity index (χ1v) is 9.61. The zero-order valence-corrected chi connectivity index (χ0v) is 16.0. The Kier molecular flexibility index (Phi) is 6.21. The van der Waals surface area contributed by atoms with Crippen LogP contribution in [0.15, 0.2) is 72.1 Å². The average Bonchev–Trinajstić information content (AvgIpc) is 3.17. The van der Waals surface area contributed by atoms with Gasteiger partial charge in [0.25, 0.3) is 0 Å². The second-order valence-corrected chi connectivity index (χ2v) is 7.56. The van der Waals surface area contributed by atoms with Gasteiger partial charge in [0.1, 0.15) is 0 Å². The van der Waals surface area contributed by atoms with Crippen LogP contribution in [0.2, 0.25) is 0 Å². The van der Waals surface area contributed by atoms with Crippen molar-refractivity contribution >= 4 is 17.2 Å². The van der Waals surface area contributed by atoms with E-state index in [9.17, 15) is 4.79 Å². The van der Waals surface area contributed by atoms with Gasteiger partial charge in [-0.1, -0.05) is 66.2 Å². The molecular formula is C22H24N2OS. The number of rotatable bonds is 7. The molecule has 0 fully saturated rings. The number of amides is 1. The Labute approximate surface area is 159 Å². The SMILES string of the molecule is Cc1ccc(CN(C)CC(=O)N[C@@H](c2ccccc2)c2cccs2)cc1. The highest BCUT2D eigenvalue weighted by Crippen LogP contribution is 2.25. The Morgan fingerprint density at radius 1 is 1.04 bits per heavy atom. The lowest BCUT2D eigenvalue weighted by molar-refractivity contribution is -0.122. The normalized spacial score (nSPS) is 12.1. The molecule has 0 bridgehead atoms. The van der Waals surface area contributed by atoms with Crippen LogP contribution in [0.5, 0.6) is 0 Å². The van der Waals surface area contributed by atoms with Crippen molar-refractivity contribution in [2.45, 2.75) is 19.5 Å². The molecule has 0 spiro atoms. The lowest BCUT2D eigenvalue weighted by Gasteiger charge is -2.21. The lowest BCUT2D eigenvalue weighted by Crippen LogP contribution is -2.37. The number of hydrogen-bond acceptors (Lipinski definition) is 3. The molecule has 3 aromatic rings. The molecule has 0 aliphatic rings. The van der Waals surface area contributed by atoms with Crippen LogP contribution in [-0.4, -0.2) is 24.4 Å². The maximum absolute atomic E-state index is 12.6.